The minimum Gasteiger partial charge on any atom is -0.272 e. The van der Waals surface area contributed by atoms with Gasteiger partial charge in [0.25, 0.3) is 5.91 Å². The summed E-state index contributed by atoms with van der Waals surface area (Å²) < 4.78 is 0. The molecular formula is C11H9ClN2OS. The molecule has 0 bridgehead atoms. The average molecular weight is 253 g/mol. The molecule has 5 heteroatoms. The second-order valence-corrected chi connectivity index (χ2v) is 5.25. The Morgan fingerprint density at radius 3 is 2.81 bits per heavy atom. The number of amides is 1. The van der Waals surface area contributed by atoms with Crippen LogP contribution in [-0.2, 0) is 4.79 Å². The molecule has 2 aliphatic rings. The topological polar surface area (TPSA) is 32.7 Å². The zero-order chi connectivity index (χ0) is 11.1. The molecule has 0 aromatic heterocycles. The zero-order valence-corrected chi connectivity index (χ0v) is 9.96. The monoisotopic (exact) mass is 252 g/mol. The van der Waals surface area contributed by atoms with Gasteiger partial charge in [0.1, 0.15) is 0 Å². The molecule has 1 unspecified atom stereocenters. The molecule has 1 aromatic carbocycles. The number of carbonyl (C=O) groups excluding carboxylic acids is 1. The minimum absolute atomic E-state index is 0.000628. The Labute approximate surface area is 102 Å². The van der Waals surface area contributed by atoms with E-state index in [1.54, 1.807) is 23.9 Å². The van der Waals surface area contributed by atoms with E-state index in [1.165, 1.54) is 5.01 Å². The summed E-state index contributed by atoms with van der Waals surface area (Å²) in [7, 11) is 0. The predicted molar refractivity (Wildman–Crippen MR) is 67.2 cm³/mol. The highest BCUT2D eigenvalue weighted by Crippen LogP contribution is 2.32. The van der Waals surface area contributed by atoms with Crippen molar-refractivity contribution in [2.45, 2.75) is 0 Å². The number of hydrogen-bond donors (Lipinski definition) is 0. The van der Waals surface area contributed by atoms with Crippen LogP contribution in [-0.4, -0.2) is 23.1 Å². The van der Waals surface area contributed by atoms with Gasteiger partial charge in [-0.1, -0.05) is 11.6 Å². The van der Waals surface area contributed by atoms with E-state index in [-0.39, 0.29) is 11.8 Å². The number of hydrogen-bond acceptors (Lipinski definition) is 3. The van der Waals surface area contributed by atoms with E-state index < -0.39 is 0 Å². The molecule has 1 amide bonds. The fraction of sp³-hybridized carbons (Fsp3) is 0.273. The van der Waals surface area contributed by atoms with E-state index in [2.05, 4.69) is 5.10 Å². The van der Waals surface area contributed by atoms with Gasteiger partial charge in [0.05, 0.1) is 17.3 Å². The number of fused-ring (bicyclic) bond motifs is 1. The largest absolute Gasteiger partial charge is 0.272 e. The van der Waals surface area contributed by atoms with Crippen molar-refractivity contribution in [1.82, 2.24) is 0 Å². The van der Waals surface area contributed by atoms with Crippen molar-refractivity contribution in [2.75, 3.05) is 16.5 Å². The van der Waals surface area contributed by atoms with Gasteiger partial charge in [-0.25, -0.2) is 5.01 Å². The van der Waals surface area contributed by atoms with Crippen LogP contribution in [0.4, 0.5) is 5.69 Å². The minimum atomic E-state index is 0.000628. The van der Waals surface area contributed by atoms with Gasteiger partial charge in [0.15, 0.2) is 0 Å². The van der Waals surface area contributed by atoms with Crippen molar-refractivity contribution in [3.8, 4) is 0 Å². The fourth-order valence-electron chi connectivity index (χ4n) is 1.88. The summed E-state index contributed by atoms with van der Waals surface area (Å²) in [6.45, 7) is 0. The Morgan fingerprint density at radius 1 is 1.38 bits per heavy atom. The number of carbonyl (C=O) groups is 1. The summed E-state index contributed by atoms with van der Waals surface area (Å²) in [6.07, 6.45) is 0. The van der Waals surface area contributed by atoms with Crippen molar-refractivity contribution in [2.24, 2.45) is 11.0 Å². The highest BCUT2D eigenvalue weighted by Gasteiger charge is 2.39. The average Bonchev–Trinajstić information content (AvgIpc) is 2.84. The van der Waals surface area contributed by atoms with Crippen LogP contribution in [0.15, 0.2) is 29.4 Å². The van der Waals surface area contributed by atoms with Crippen LogP contribution >= 0.6 is 23.4 Å². The highest BCUT2D eigenvalue weighted by molar-refractivity contribution is 8.00. The van der Waals surface area contributed by atoms with Gasteiger partial charge in [-0.2, -0.15) is 16.9 Å². The standard InChI is InChI=1S/C11H9ClN2OS/c12-7-1-3-8(4-2-7)14-11(15)9-5-16-6-10(9)13-14/h1-4,9H,5-6H2. The molecule has 0 aliphatic carbocycles. The van der Waals surface area contributed by atoms with Crippen molar-refractivity contribution >= 4 is 40.7 Å². The van der Waals surface area contributed by atoms with Crippen LogP contribution in [0, 0.1) is 5.92 Å². The summed E-state index contributed by atoms with van der Waals surface area (Å²) in [5.74, 6) is 1.82. The van der Waals surface area contributed by atoms with E-state index in [1.807, 2.05) is 12.1 Å². The number of anilines is 1. The fourth-order valence-corrected chi connectivity index (χ4v) is 3.17. The lowest BCUT2D eigenvalue weighted by Crippen LogP contribution is -2.27. The Morgan fingerprint density at radius 2 is 2.12 bits per heavy atom. The van der Waals surface area contributed by atoms with Gasteiger partial charge in [-0.15, -0.1) is 0 Å². The number of thioether (sulfide) groups is 1. The molecule has 1 atom stereocenters. The maximum atomic E-state index is 12.0. The molecule has 3 nitrogen and oxygen atoms in total. The SMILES string of the molecule is O=C1C2CSCC2=NN1c1ccc(Cl)cc1. The molecule has 3 rings (SSSR count). The van der Waals surface area contributed by atoms with Crippen LogP contribution in [0.3, 0.4) is 0 Å². The first-order chi connectivity index (χ1) is 7.75. The van der Waals surface area contributed by atoms with Gasteiger partial charge < -0.3 is 0 Å². The molecule has 82 valence electrons. The first-order valence-corrected chi connectivity index (χ1v) is 6.53. The Balaban J connectivity index is 1.94. The lowest BCUT2D eigenvalue weighted by molar-refractivity contribution is -0.119. The molecule has 1 fully saturated rings. The van der Waals surface area contributed by atoms with Crippen LogP contribution in [0.2, 0.25) is 5.02 Å². The van der Waals surface area contributed by atoms with Crippen LogP contribution in [0.25, 0.3) is 0 Å². The molecule has 0 N–H and O–H groups in total. The maximum absolute atomic E-state index is 12.0. The van der Waals surface area contributed by atoms with Crippen molar-refractivity contribution < 1.29 is 4.79 Å². The lowest BCUT2D eigenvalue weighted by Gasteiger charge is -2.13. The van der Waals surface area contributed by atoms with E-state index in [0.717, 1.165) is 22.9 Å². The third-order valence-corrected chi connectivity index (χ3v) is 4.06. The van der Waals surface area contributed by atoms with Crippen LogP contribution in [0.5, 0.6) is 0 Å². The predicted octanol–water partition coefficient (Wildman–Crippen LogP) is 2.41. The third kappa shape index (κ3) is 1.53. The summed E-state index contributed by atoms with van der Waals surface area (Å²) in [6, 6.07) is 7.18. The summed E-state index contributed by atoms with van der Waals surface area (Å²) in [5.41, 5.74) is 1.80. The molecular weight excluding hydrogens is 244 g/mol. The van der Waals surface area contributed by atoms with Gasteiger partial charge in [-0.3, -0.25) is 4.79 Å². The number of rotatable bonds is 1. The number of hydrazone groups is 1. The van der Waals surface area contributed by atoms with Gasteiger partial charge in [-0.05, 0) is 24.3 Å². The van der Waals surface area contributed by atoms with Gasteiger partial charge in [0, 0.05) is 16.5 Å². The Kier molecular flexibility index (Phi) is 2.41. The van der Waals surface area contributed by atoms with Gasteiger partial charge >= 0.3 is 0 Å². The van der Waals surface area contributed by atoms with Crippen LogP contribution < -0.4 is 5.01 Å². The maximum Gasteiger partial charge on any atom is 0.257 e. The highest BCUT2D eigenvalue weighted by atomic mass is 35.5. The molecule has 1 saturated heterocycles. The Bertz CT molecular complexity index is 471. The van der Waals surface area contributed by atoms with Crippen molar-refractivity contribution in [1.29, 1.82) is 0 Å². The first kappa shape index (κ1) is 10.2. The molecule has 16 heavy (non-hydrogen) atoms. The summed E-state index contributed by atoms with van der Waals surface area (Å²) >= 11 is 7.58. The normalized spacial score (nSPS) is 23.6. The summed E-state index contributed by atoms with van der Waals surface area (Å²) in [5, 5.41) is 6.53. The van der Waals surface area contributed by atoms with Crippen molar-refractivity contribution in [3.05, 3.63) is 29.3 Å². The van der Waals surface area contributed by atoms with E-state index in [4.69, 9.17) is 11.6 Å². The number of halogens is 1. The lowest BCUT2D eigenvalue weighted by atomic mass is 10.1. The van der Waals surface area contributed by atoms with Gasteiger partial charge in [0.2, 0.25) is 0 Å². The second kappa shape index (κ2) is 3.79. The first-order valence-electron chi connectivity index (χ1n) is 5.00. The molecule has 0 spiro atoms. The van der Waals surface area contributed by atoms with Crippen molar-refractivity contribution in [3.63, 3.8) is 0 Å². The smallest absolute Gasteiger partial charge is 0.257 e. The molecule has 0 radical (unpaired) electrons. The quantitative estimate of drug-likeness (QED) is 0.769. The number of nitrogens with zero attached hydrogens (tertiary/aromatic N) is 2. The molecule has 0 saturated carbocycles. The summed E-state index contributed by atoms with van der Waals surface area (Å²) in [4.78, 5) is 12.0. The van der Waals surface area contributed by atoms with E-state index in [9.17, 15) is 4.79 Å². The molecule has 1 aromatic rings. The van der Waals surface area contributed by atoms with E-state index in [0.29, 0.717) is 5.02 Å². The molecule has 2 aliphatic heterocycles. The van der Waals surface area contributed by atoms with E-state index >= 15 is 0 Å². The molecule has 2 heterocycles. The number of benzene rings is 1. The zero-order valence-electron chi connectivity index (χ0n) is 8.39. The van der Waals surface area contributed by atoms with Crippen LogP contribution in [0.1, 0.15) is 0 Å². The third-order valence-electron chi connectivity index (χ3n) is 2.74. The second-order valence-electron chi connectivity index (χ2n) is 3.79. The Hall–Kier alpha value is -1.00.